The van der Waals surface area contributed by atoms with Crippen LogP contribution in [0, 0.1) is 24.0 Å². The first-order valence-corrected chi connectivity index (χ1v) is 8.53. The first-order chi connectivity index (χ1) is 12.9. The SMILES string of the molecule is Cc1cc(C)n(C(CNC(=O)c2cc([N+](=O)[O-])ccc2Cl)c2ccco2)n1. The highest BCUT2D eigenvalue weighted by atomic mass is 35.5. The van der Waals surface area contributed by atoms with Crippen molar-refractivity contribution in [3.63, 3.8) is 0 Å². The zero-order valence-electron chi connectivity index (χ0n) is 14.7. The molecule has 0 radical (unpaired) electrons. The van der Waals surface area contributed by atoms with Crippen LogP contribution in [0.4, 0.5) is 5.69 Å². The van der Waals surface area contributed by atoms with Crippen molar-refractivity contribution in [1.29, 1.82) is 0 Å². The predicted molar refractivity (Wildman–Crippen MR) is 99.0 cm³/mol. The zero-order valence-corrected chi connectivity index (χ0v) is 15.4. The topological polar surface area (TPSA) is 103 Å². The van der Waals surface area contributed by atoms with E-state index in [-0.39, 0.29) is 28.9 Å². The van der Waals surface area contributed by atoms with Gasteiger partial charge in [-0.3, -0.25) is 19.6 Å². The van der Waals surface area contributed by atoms with Gasteiger partial charge in [-0.05, 0) is 38.1 Å². The summed E-state index contributed by atoms with van der Waals surface area (Å²) in [5.74, 6) is 0.119. The van der Waals surface area contributed by atoms with Gasteiger partial charge in [-0.1, -0.05) is 11.6 Å². The van der Waals surface area contributed by atoms with Crippen molar-refractivity contribution in [3.8, 4) is 0 Å². The lowest BCUT2D eigenvalue weighted by atomic mass is 10.1. The summed E-state index contributed by atoms with van der Waals surface area (Å²) >= 11 is 6.04. The highest BCUT2D eigenvalue weighted by molar-refractivity contribution is 6.33. The molecule has 0 saturated heterocycles. The van der Waals surface area contributed by atoms with Gasteiger partial charge in [-0.25, -0.2) is 0 Å². The minimum atomic E-state index is -0.575. The summed E-state index contributed by atoms with van der Waals surface area (Å²) < 4.78 is 7.27. The molecule has 0 bridgehead atoms. The summed E-state index contributed by atoms with van der Waals surface area (Å²) in [5, 5.41) is 18.3. The molecule has 8 nitrogen and oxygen atoms in total. The van der Waals surface area contributed by atoms with Gasteiger partial charge in [0.15, 0.2) is 0 Å². The van der Waals surface area contributed by atoms with Crippen molar-refractivity contribution in [1.82, 2.24) is 15.1 Å². The lowest BCUT2D eigenvalue weighted by Gasteiger charge is -2.18. The van der Waals surface area contributed by atoms with Crippen molar-refractivity contribution < 1.29 is 14.1 Å². The van der Waals surface area contributed by atoms with Crippen LogP contribution in [0.3, 0.4) is 0 Å². The largest absolute Gasteiger partial charge is 0.467 e. The van der Waals surface area contributed by atoms with Crippen LogP contribution in [0.2, 0.25) is 5.02 Å². The highest BCUT2D eigenvalue weighted by Gasteiger charge is 2.22. The number of amides is 1. The molecule has 0 fully saturated rings. The van der Waals surface area contributed by atoms with Crippen LogP contribution >= 0.6 is 11.6 Å². The van der Waals surface area contributed by atoms with E-state index >= 15 is 0 Å². The Labute approximate surface area is 159 Å². The average Bonchev–Trinajstić information content (AvgIpc) is 3.25. The standard InChI is InChI=1S/C18H17ClN4O4/c1-11-8-12(2)22(21-11)16(17-4-3-7-27-17)10-20-18(24)14-9-13(23(25)26)5-6-15(14)19/h3-9,16H,10H2,1-2H3,(H,20,24). The molecule has 1 aromatic carbocycles. The summed E-state index contributed by atoms with van der Waals surface area (Å²) in [6.07, 6.45) is 1.55. The molecule has 9 heteroatoms. The Kier molecular flexibility index (Phi) is 5.27. The van der Waals surface area contributed by atoms with Crippen LogP contribution in [0.5, 0.6) is 0 Å². The Balaban J connectivity index is 1.84. The Morgan fingerprint density at radius 2 is 2.15 bits per heavy atom. The molecule has 0 aliphatic carbocycles. The number of non-ortho nitro benzene ring substituents is 1. The number of furan rings is 1. The molecule has 1 amide bonds. The van der Waals surface area contributed by atoms with E-state index in [0.717, 1.165) is 17.5 Å². The van der Waals surface area contributed by atoms with Crippen LogP contribution < -0.4 is 5.32 Å². The number of nitrogens with zero attached hydrogens (tertiary/aromatic N) is 3. The molecule has 140 valence electrons. The van der Waals surface area contributed by atoms with Crippen LogP contribution in [0.15, 0.2) is 47.1 Å². The summed E-state index contributed by atoms with van der Waals surface area (Å²) in [7, 11) is 0. The number of aromatic nitrogens is 2. The smallest absolute Gasteiger partial charge is 0.270 e. The van der Waals surface area contributed by atoms with E-state index in [9.17, 15) is 14.9 Å². The number of aryl methyl sites for hydroxylation is 2. The van der Waals surface area contributed by atoms with Gasteiger partial charge >= 0.3 is 0 Å². The molecule has 2 heterocycles. The van der Waals surface area contributed by atoms with E-state index in [1.807, 2.05) is 19.9 Å². The number of hydrogen-bond donors (Lipinski definition) is 1. The third-order valence-electron chi connectivity index (χ3n) is 4.07. The molecule has 0 aliphatic rings. The van der Waals surface area contributed by atoms with Gasteiger partial charge in [-0.2, -0.15) is 5.10 Å². The number of carbonyl (C=O) groups is 1. The molecular weight excluding hydrogens is 372 g/mol. The number of rotatable bonds is 6. The maximum atomic E-state index is 12.6. The van der Waals surface area contributed by atoms with Crippen molar-refractivity contribution in [2.75, 3.05) is 6.54 Å². The highest BCUT2D eigenvalue weighted by Crippen LogP contribution is 2.23. The molecule has 0 spiro atoms. The molecule has 1 N–H and O–H groups in total. The lowest BCUT2D eigenvalue weighted by Crippen LogP contribution is -2.32. The van der Waals surface area contributed by atoms with Crippen LogP contribution in [0.1, 0.15) is 33.5 Å². The Morgan fingerprint density at radius 3 is 2.74 bits per heavy atom. The van der Waals surface area contributed by atoms with E-state index in [0.29, 0.717) is 5.76 Å². The third-order valence-corrected chi connectivity index (χ3v) is 4.40. The minimum Gasteiger partial charge on any atom is -0.467 e. The van der Waals surface area contributed by atoms with Gasteiger partial charge in [0.05, 0.1) is 27.5 Å². The molecule has 1 unspecified atom stereocenters. The fourth-order valence-corrected chi connectivity index (χ4v) is 3.04. The number of nitro groups is 1. The summed E-state index contributed by atoms with van der Waals surface area (Å²) in [6.45, 7) is 3.96. The van der Waals surface area contributed by atoms with Gasteiger partial charge in [-0.15, -0.1) is 0 Å². The van der Waals surface area contributed by atoms with Crippen LogP contribution in [0.25, 0.3) is 0 Å². The van der Waals surface area contributed by atoms with Crippen molar-refractivity contribution in [3.05, 3.63) is 80.5 Å². The number of carbonyl (C=O) groups excluding carboxylic acids is 1. The summed E-state index contributed by atoms with van der Waals surface area (Å²) in [4.78, 5) is 22.9. The second-order valence-electron chi connectivity index (χ2n) is 6.03. The van der Waals surface area contributed by atoms with Gasteiger partial charge < -0.3 is 9.73 Å². The fraction of sp³-hybridized carbons (Fsp3) is 0.222. The van der Waals surface area contributed by atoms with E-state index in [1.165, 1.54) is 12.1 Å². The summed E-state index contributed by atoms with van der Waals surface area (Å²) in [6, 6.07) is 8.86. The first kappa shape index (κ1) is 18.7. The van der Waals surface area contributed by atoms with Crippen LogP contribution in [-0.4, -0.2) is 27.2 Å². The van der Waals surface area contributed by atoms with Crippen molar-refractivity contribution in [2.24, 2.45) is 0 Å². The Bertz CT molecular complexity index is 981. The number of halogens is 1. The number of nitro benzene ring substituents is 1. The average molecular weight is 389 g/mol. The van der Waals surface area contributed by atoms with Crippen molar-refractivity contribution in [2.45, 2.75) is 19.9 Å². The molecule has 2 aromatic heterocycles. The minimum absolute atomic E-state index is 0.0393. The van der Waals surface area contributed by atoms with Gasteiger partial charge in [0.2, 0.25) is 0 Å². The van der Waals surface area contributed by atoms with Crippen LogP contribution in [-0.2, 0) is 0 Å². The number of hydrogen-bond acceptors (Lipinski definition) is 5. The first-order valence-electron chi connectivity index (χ1n) is 8.15. The Morgan fingerprint density at radius 1 is 1.37 bits per heavy atom. The lowest BCUT2D eigenvalue weighted by molar-refractivity contribution is -0.384. The molecule has 3 aromatic rings. The third kappa shape index (κ3) is 4.01. The molecule has 27 heavy (non-hydrogen) atoms. The molecule has 1 atom stereocenters. The second kappa shape index (κ2) is 7.63. The quantitative estimate of drug-likeness (QED) is 0.512. The zero-order chi connectivity index (χ0) is 19.6. The normalized spacial score (nSPS) is 12.0. The van der Waals surface area contributed by atoms with Gasteiger partial charge in [0, 0.05) is 24.4 Å². The fourth-order valence-electron chi connectivity index (χ4n) is 2.84. The maximum Gasteiger partial charge on any atom is 0.270 e. The second-order valence-corrected chi connectivity index (χ2v) is 6.44. The number of benzene rings is 1. The van der Waals surface area contributed by atoms with E-state index < -0.39 is 10.8 Å². The monoisotopic (exact) mass is 388 g/mol. The number of nitrogens with one attached hydrogen (secondary N) is 1. The van der Waals surface area contributed by atoms with Gasteiger partial charge in [0.1, 0.15) is 11.8 Å². The summed E-state index contributed by atoms with van der Waals surface area (Å²) in [5.41, 5.74) is 1.59. The molecule has 0 aliphatic heterocycles. The molecular formula is C18H17ClN4O4. The Hall–Kier alpha value is -3.13. The molecule has 0 saturated carbocycles. The maximum absolute atomic E-state index is 12.6. The van der Waals surface area contributed by atoms with Gasteiger partial charge in [0.25, 0.3) is 11.6 Å². The predicted octanol–water partition coefficient (Wildman–Crippen LogP) is 3.67. The van der Waals surface area contributed by atoms with E-state index in [4.69, 9.17) is 16.0 Å². The van der Waals surface area contributed by atoms with E-state index in [2.05, 4.69) is 10.4 Å². The van der Waals surface area contributed by atoms with Crippen molar-refractivity contribution >= 4 is 23.2 Å². The van der Waals surface area contributed by atoms with E-state index in [1.54, 1.807) is 23.1 Å². The molecule has 3 rings (SSSR count).